The van der Waals surface area contributed by atoms with Gasteiger partial charge in [-0.15, -0.1) is 11.8 Å². The van der Waals surface area contributed by atoms with Crippen LogP contribution in [0, 0.1) is 0 Å². The molecular formula is C18H21N3O2S2. The fraction of sp³-hybridized carbons (Fsp3) is 0.389. The highest BCUT2D eigenvalue weighted by atomic mass is 32.2. The first-order valence-electron chi connectivity index (χ1n) is 8.49. The van der Waals surface area contributed by atoms with E-state index in [0.29, 0.717) is 11.4 Å². The number of imidazole rings is 1. The quantitative estimate of drug-likeness (QED) is 0.384. The van der Waals surface area contributed by atoms with Gasteiger partial charge in [-0.05, 0) is 48.9 Å². The maximum Gasteiger partial charge on any atom is 0.293 e. The molecule has 1 aliphatic heterocycles. The van der Waals surface area contributed by atoms with E-state index in [1.165, 1.54) is 4.90 Å². The zero-order chi connectivity index (χ0) is 17.6. The molecule has 132 valence electrons. The monoisotopic (exact) mass is 375 g/mol. The lowest BCUT2D eigenvalue weighted by atomic mass is 10.3. The number of amides is 2. The van der Waals surface area contributed by atoms with E-state index in [1.807, 2.05) is 24.4 Å². The molecule has 3 heterocycles. The predicted octanol–water partition coefficient (Wildman–Crippen LogP) is 4.59. The molecule has 25 heavy (non-hydrogen) atoms. The van der Waals surface area contributed by atoms with Crippen molar-refractivity contribution in [2.24, 2.45) is 0 Å². The highest BCUT2D eigenvalue weighted by Gasteiger charge is 2.34. The summed E-state index contributed by atoms with van der Waals surface area (Å²) < 4.78 is 2.07. The molecular weight excluding hydrogens is 354 g/mol. The number of hydrogen-bond acceptors (Lipinski definition) is 5. The second-order valence-corrected chi connectivity index (χ2v) is 7.87. The Kier molecular flexibility index (Phi) is 6.20. The van der Waals surface area contributed by atoms with Gasteiger partial charge in [0.15, 0.2) is 0 Å². The Morgan fingerprint density at radius 1 is 1.28 bits per heavy atom. The van der Waals surface area contributed by atoms with Crippen LogP contribution < -0.4 is 0 Å². The van der Waals surface area contributed by atoms with E-state index in [-0.39, 0.29) is 11.1 Å². The highest BCUT2D eigenvalue weighted by molar-refractivity contribution is 8.18. The van der Waals surface area contributed by atoms with Gasteiger partial charge in [-0.2, -0.15) is 0 Å². The molecule has 3 rings (SSSR count). The zero-order valence-electron chi connectivity index (χ0n) is 14.2. The van der Waals surface area contributed by atoms with Crippen LogP contribution in [0.5, 0.6) is 0 Å². The summed E-state index contributed by atoms with van der Waals surface area (Å²) in [6, 6.07) is 6.07. The van der Waals surface area contributed by atoms with Gasteiger partial charge in [0.1, 0.15) is 5.65 Å². The number of carbonyl (C=O) groups excluding carboxylic acids is 2. The largest absolute Gasteiger partial charge is 0.294 e. The van der Waals surface area contributed by atoms with Crippen molar-refractivity contribution in [3.8, 4) is 0 Å². The average Bonchev–Trinajstić information content (AvgIpc) is 3.19. The first kappa shape index (κ1) is 18.1. The standard InChI is InChI=1S/C18H21N3O2S2/c1-2-3-7-14-17(22)21(18(23)25-14)11-4-5-13-24-16-9-6-8-15-19-10-12-20(15)16/h6-10,12H,2-5,11,13H2,1H3/b14-7-. The van der Waals surface area contributed by atoms with Crippen LogP contribution in [0.2, 0.25) is 0 Å². The van der Waals surface area contributed by atoms with Crippen molar-refractivity contribution >= 4 is 40.3 Å². The number of pyridine rings is 1. The van der Waals surface area contributed by atoms with Crippen molar-refractivity contribution in [2.45, 2.75) is 37.6 Å². The first-order chi connectivity index (χ1) is 12.2. The molecule has 2 amide bonds. The van der Waals surface area contributed by atoms with Gasteiger partial charge in [0.05, 0.1) is 9.93 Å². The van der Waals surface area contributed by atoms with Gasteiger partial charge >= 0.3 is 0 Å². The number of fused-ring (bicyclic) bond motifs is 1. The molecule has 0 atom stereocenters. The number of unbranched alkanes of at least 4 members (excludes halogenated alkanes) is 2. The van der Waals surface area contributed by atoms with Crippen LogP contribution in [-0.2, 0) is 4.79 Å². The number of rotatable bonds is 8. The lowest BCUT2D eigenvalue weighted by molar-refractivity contribution is -0.122. The van der Waals surface area contributed by atoms with Gasteiger partial charge in [-0.25, -0.2) is 4.98 Å². The minimum atomic E-state index is -0.136. The van der Waals surface area contributed by atoms with E-state index in [9.17, 15) is 9.59 Å². The molecule has 1 aliphatic rings. The summed E-state index contributed by atoms with van der Waals surface area (Å²) in [5, 5.41) is 1.02. The minimum Gasteiger partial charge on any atom is -0.294 e. The Labute approximate surface area is 155 Å². The maximum atomic E-state index is 12.2. The van der Waals surface area contributed by atoms with Crippen molar-refractivity contribution in [3.63, 3.8) is 0 Å². The van der Waals surface area contributed by atoms with E-state index in [0.717, 1.165) is 53.9 Å². The fourth-order valence-corrected chi connectivity index (χ4v) is 4.49. The van der Waals surface area contributed by atoms with Crippen LogP contribution in [0.25, 0.3) is 5.65 Å². The molecule has 1 fully saturated rings. The molecule has 0 bridgehead atoms. The van der Waals surface area contributed by atoms with E-state index in [2.05, 4.69) is 22.4 Å². The number of aromatic nitrogens is 2. The van der Waals surface area contributed by atoms with Crippen LogP contribution in [0.15, 0.2) is 46.6 Å². The van der Waals surface area contributed by atoms with Crippen molar-refractivity contribution in [3.05, 3.63) is 41.6 Å². The molecule has 1 saturated heterocycles. The normalized spacial score (nSPS) is 16.5. The Morgan fingerprint density at radius 3 is 3.00 bits per heavy atom. The van der Waals surface area contributed by atoms with E-state index in [1.54, 1.807) is 18.0 Å². The van der Waals surface area contributed by atoms with Gasteiger partial charge in [0, 0.05) is 18.9 Å². The molecule has 0 N–H and O–H groups in total. The minimum absolute atomic E-state index is 0.126. The third kappa shape index (κ3) is 4.27. The number of imide groups is 1. The summed E-state index contributed by atoms with van der Waals surface area (Å²) in [6.07, 6.45) is 9.23. The summed E-state index contributed by atoms with van der Waals surface area (Å²) in [5.74, 6) is 0.818. The number of carbonyl (C=O) groups is 2. The molecule has 0 saturated carbocycles. The third-order valence-electron chi connectivity index (χ3n) is 3.91. The summed E-state index contributed by atoms with van der Waals surface area (Å²) in [4.78, 5) is 30.5. The van der Waals surface area contributed by atoms with Crippen molar-refractivity contribution in [1.82, 2.24) is 14.3 Å². The van der Waals surface area contributed by atoms with Gasteiger partial charge in [-0.3, -0.25) is 18.9 Å². The van der Waals surface area contributed by atoms with Crippen molar-refractivity contribution in [1.29, 1.82) is 0 Å². The Balaban J connectivity index is 1.45. The second-order valence-electron chi connectivity index (χ2n) is 5.76. The lowest BCUT2D eigenvalue weighted by Gasteiger charge is -2.12. The number of hydrogen-bond donors (Lipinski definition) is 0. The van der Waals surface area contributed by atoms with Gasteiger partial charge < -0.3 is 0 Å². The first-order valence-corrected chi connectivity index (χ1v) is 10.3. The van der Waals surface area contributed by atoms with Crippen LogP contribution in [-0.4, -0.2) is 37.7 Å². The molecule has 0 radical (unpaired) electrons. The number of allylic oxidation sites excluding steroid dienone is 1. The molecule has 0 unspecified atom stereocenters. The maximum absolute atomic E-state index is 12.2. The average molecular weight is 376 g/mol. The molecule has 7 heteroatoms. The molecule has 2 aromatic heterocycles. The Bertz CT molecular complexity index is 800. The fourth-order valence-electron chi connectivity index (χ4n) is 2.59. The van der Waals surface area contributed by atoms with Crippen molar-refractivity contribution in [2.75, 3.05) is 12.3 Å². The van der Waals surface area contributed by atoms with E-state index < -0.39 is 0 Å². The Morgan fingerprint density at radius 2 is 2.16 bits per heavy atom. The third-order valence-corrected chi connectivity index (χ3v) is 5.99. The zero-order valence-corrected chi connectivity index (χ0v) is 15.8. The van der Waals surface area contributed by atoms with Crippen molar-refractivity contribution < 1.29 is 9.59 Å². The Hall–Kier alpha value is -1.73. The summed E-state index contributed by atoms with van der Waals surface area (Å²) in [5.41, 5.74) is 0.946. The van der Waals surface area contributed by atoms with Crippen LogP contribution >= 0.6 is 23.5 Å². The highest BCUT2D eigenvalue weighted by Crippen LogP contribution is 2.31. The van der Waals surface area contributed by atoms with Crippen LogP contribution in [0.4, 0.5) is 4.79 Å². The van der Waals surface area contributed by atoms with Crippen LogP contribution in [0.1, 0.15) is 32.6 Å². The molecule has 5 nitrogen and oxygen atoms in total. The summed E-state index contributed by atoms with van der Waals surface area (Å²) >= 11 is 2.84. The van der Waals surface area contributed by atoms with Crippen LogP contribution in [0.3, 0.4) is 0 Å². The summed E-state index contributed by atoms with van der Waals surface area (Å²) in [6.45, 7) is 2.56. The topological polar surface area (TPSA) is 54.7 Å². The van der Waals surface area contributed by atoms with E-state index >= 15 is 0 Å². The SMILES string of the molecule is CCC/C=C1\SC(=O)N(CCCCSc2cccc3nccn23)C1=O. The smallest absolute Gasteiger partial charge is 0.293 e. The molecule has 0 aliphatic carbocycles. The number of thioether (sulfide) groups is 2. The van der Waals surface area contributed by atoms with Gasteiger partial charge in [-0.1, -0.05) is 25.5 Å². The molecule has 2 aromatic rings. The lowest BCUT2D eigenvalue weighted by Crippen LogP contribution is -2.29. The predicted molar refractivity (Wildman–Crippen MR) is 103 cm³/mol. The summed E-state index contributed by atoms with van der Waals surface area (Å²) in [7, 11) is 0. The molecule has 0 spiro atoms. The van der Waals surface area contributed by atoms with Gasteiger partial charge in [0.2, 0.25) is 0 Å². The molecule has 0 aromatic carbocycles. The van der Waals surface area contributed by atoms with E-state index in [4.69, 9.17) is 0 Å². The second kappa shape index (κ2) is 8.58. The number of nitrogens with zero attached hydrogens (tertiary/aromatic N) is 3. The van der Waals surface area contributed by atoms with Gasteiger partial charge in [0.25, 0.3) is 11.1 Å².